The molecule has 0 aliphatic carbocycles. The predicted molar refractivity (Wildman–Crippen MR) is 125 cm³/mol. The number of hydrogen-bond acceptors (Lipinski definition) is 3. The van der Waals surface area contributed by atoms with E-state index in [-0.39, 0.29) is 6.17 Å². The minimum atomic E-state index is 0.170. The molecule has 0 bridgehead atoms. The fraction of sp³-hybridized carbons (Fsp3) is 0.250. The van der Waals surface area contributed by atoms with Crippen molar-refractivity contribution in [1.29, 1.82) is 0 Å². The van der Waals surface area contributed by atoms with Gasteiger partial charge in [0.05, 0.1) is 6.17 Å². The second kappa shape index (κ2) is 9.55. The number of halogens is 2. The third-order valence-corrected chi connectivity index (χ3v) is 6.31. The largest absolute Gasteiger partial charge is 0.280 e. The van der Waals surface area contributed by atoms with Gasteiger partial charge in [-0.1, -0.05) is 65.7 Å². The fourth-order valence-corrected chi connectivity index (χ4v) is 4.56. The summed E-state index contributed by atoms with van der Waals surface area (Å²) in [6.45, 7) is 3.85. The van der Waals surface area contributed by atoms with Crippen LogP contribution < -0.4 is 0 Å². The Hall–Kier alpha value is -1.49. The van der Waals surface area contributed by atoms with Crippen molar-refractivity contribution in [2.24, 2.45) is 0 Å². The van der Waals surface area contributed by atoms with E-state index in [4.69, 9.17) is 35.8 Å². The van der Waals surface area contributed by atoms with Crippen molar-refractivity contribution in [3.8, 4) is 0 Å². The van der Waals surface area contributed by atoms with Crippen LogP contribution in [0.4, 0.5) is 0 Å². The SMILES string of the molecule is Sc1ccccc1C1N(Cc2ccc(Cl)cc2)CCCN1Cc1ccc(Cl)cc1. The molecule has 5 heteroatoms. The summed E-state index contributed by atoms with van der Waals surface area (Å²) in [6, 6.07) is 24.7. The van der Waals surface area contributed by atoms with E-state index < -0.39 is 0 Å². The van der Waals surface area contributed by atoms with Gasteiger partial charge in [-0.3, -0.25) is 9.80 Å². The molecule has 0 aromatic heterocycles. The minimum absolute atomic E-state index is 0.170. The van der Waals surface area contributed by atoms with Gasteiger partial charge < -0.3 is 0 Å². The summed E-state index contributed by atoms with van der Waals surface area (Å²) in [5.74, 6) is 0. The normalized spacial score (nSPS) is 16.2. The Bertz CT molecular complexity index is 888. The molecular formula is C24H24Cl2N2S. The fourth-order valence-electron chi connectivity index (χ4n) is 4.03. The van der Waals surface area contributed by atoms with Gasteiger partial charge in [-0.25, -0.2) is 0 Å². The van der Waals surface area contributed by atoms with Crippen molar-refractivity contribution in [2.45, 2.75) is 30.6 Å². The summed E-state index contributed by atoms with van der Waals surface area (Å²) in [6.07, 6.45) is 1.30. The van der Waals surface area contributed by atoms with Crippen molar-refractivity contribution in [1.82, 2.24) is 9.80 Å². The molecule has 1 aliphatic rings. The van der Waals surface area contributed by atoms with E-state index in [1.165, 1.54) is 16.7 Å². The van der Waals surface area contributed by atoms with E-state index >= 15 is 0 Å². The maximum Gasteiger partial charge on any atom is 0.0902 e. The molecule has 0 spiro atoms. The van der Waals surface area contributed by atoms with E-state index in [1.807, 2.05) is 30.3 Å². The van der Waals surface area contributed by atoms with Gasteiger partial charge in [-0.05, 0) is 53.4 Å². The van der Waals surface area contributed by atoms with Gasteiger partial charge in [-0.15, -0.1) is 12.6 Å². The lowest BCUT2D eigenvalue weighted by Gasteiger charge is -2.45. The first-order chi connectivity index (χ1) is 14.1. The zero-order valence-corrected chi connectivity index (χ0v) is 18.5. The Morgan fingerprint density at radius 1 is 0.724 bits per heavy atom. The van der Waals surface area contributed by atoms with Gasteiger partial charge in [0.25, 0.3) is 0 Å². The van der Waals surface area contributed by atoms with Gasteiger partial charge in [0.2, 0.25) is 0 Å². The lowest BCUT2D eigenvalue weighted by molar-refractivity contribution is -0.0106. The lowest BCUT2D eigenvalue weighted by Crippen LogP contribution is -2.47. The van der Waals surface area contributed by atoms with Gasteiger partial charge in [0.15, 0.2) is 0 Å². The van der Waals surface area contributed by atoms with Crippen LogP contribution in [-0.4, -0.2) is 22.9 Å². The summed E-state index contributed by atoms with van der Waals surface area (Å²) in [4.78, 5) is 6.11. The number of benzene rings is 3. The molecule has 3 aromatic rings. The standard InChI is InChI=1S/C24H24Cl2N2S/c25-20-10-6-18(7-11-20)16-27-14-3-15-28(17-19-8-12-21(26)13-9-19)24(27)22-4-1-2-5-23(22)29/h1-2,4-13,24,29H,3,14-17H2. The molecule has 29 heavy (non-hydrogen) atoms. The van der Waals surface area contributed by atoms with Gasteiger partial charge in [0.1, 0.15) is 0 Å². The minimum Gasteiger partial charge on any atom is -0.280 e. The maximum absolute atomic E-state index is 6.08. The molecule has 0 saturated carbocycles. The molecular weight excluding hydrogens is 419 g/mol. The Balaban J connectivity index is 1.64. The van der Waals surface area contributed by atoms with E-state index in [1.54, 1.807) is 0 Å². The lowest BCUT2D eigenvalue weighted by atomic mass is 10.0. The first-order valence-corrected chi connectivity index (χ1v) is 11.1. The highest BCUT2D eigenvalue weighted by molar-refractivity contribution is 7.80. The summed E-state index contributed by atoms with van der Waals surface area (Å²) in [5.41, 5.74) is 3.78. The molecule has 0 N–H and O–H groups in total. The van der Waals surface area contributed by atoms with Crippen LogP contribution in [0, 0.1) is 0 Å². The van der Waals surface area contributed by atoms with E-state index in [2.05, 4.69) is 52.3 Å². The third-order valence-electron chi connectivity index (χ3n) is 5.40. The van der Waals surface area contributed by atoms with Crippen molar-refractivity contribution in [3.05, 3.63) is 99.5 Å². The second-order valence-electron chi connectivity index (χ2n) is 7.48. The molecule has 1 fully saturated rings. The Labute approximate surface area is 188 Å². The number of hydrogen-bond donors (Lipinski definition) is 1. The molecule has 2 nitrogen and oxygen atoms in total. The van der Waals surface area contributed by atoms with Crippen molar-refractivity contribution in [2.75, 3.05) is 13.1 Å². The first-order valence-electron chi connectivity index (χ1n) is 9.85. The predicted octanol–water partition coefficient (Wildman–Crippen LogP) is 6.69. The molecule has 1 heterocycles. The van der Waals surface area contributed by atoms with Crippen LogP contribution >= 0.6 is 35.8 Å². The number of rotatable bonds is 5. The van der Waals surface area contributed by atoms with Crippen molar-refractivity contribution in [3.63, 3.8) is 0 Å². The summed E-state index contributed by atoms with van der Waals surface area (Å²) >= 11 is 16.9. The van der Waals surface area contributed by atoms with Crippen LogP contribution in [0.2, 0.25) is 10.0 Å². The molecule has 1 saturated heterocycles. The molecule has 0 atom stereocenters. The van der Waals surface area contributed by atoms with E-state index in [0.717, 1.165) is 47.5 Å². The van der Waals surface area contributed by atoms with Crippen LogP contribution in [0.15, 0.2) is 77.7 Å². The molecule has 1 aliphatic heterocycles. The summed E-state index contributed by atoms with van der Waals surface area (Å²) in [5, 5.41) is 1.54. The highest BCUT2D eigenvalue weighted by Crippen LogP contribution is 2.35. The quantitative estimate of drug-likeness (QED) is 0.439. The molecule has 4 rings (SSSR count). The molecule has 0 radical (unpaired) electrons. The Kier molecular flexibility index (Phi) is 6.84. The first kappa shape index (κ1) is 20.8. The molecule has 3 aromatic carbocycles. The van der Waals surface area contributed by atoms with E-state index in [0.29, 0.717) is 0 Å². The number of nitrogens with zero attached hydrogens (tertiary/aromatic N) is 2. The second-order valence-corrected chi connectivity index (χ2v) is 8.83. The van der Waals surface area contributed by atoms with Crippen LogP contribution in [-0.2, 0) is 13.1 Å². The molecule has 0 unspecified atom stereocenters. The van der Waals surface area contributed by atoms with Crippen molar-refractivity contribution < 1.29 is 0 Å². The number of thiol groups is 1. The van der Waals surface area contributed by atoms with Gasteiger partial charge >= 0.3 is 0 Å². The molecule has 150 valence electrons. The highest BCUT2D eigenvalue weighted by atomic mass is 35.5. The monoisotopic (exact) mass is 442 g/mol. The highest BCUT2D eigenvalue weighted by Gasteiger charge is 2.31. The maximum atomic E-state index is 6.08. The smallest absolute Gasteiger partial charge is 0.0902 e. The van der Waals surface area contributed by atoms with Crippen LogP contribution in [0.5, 0.6) is 0 Å². The summed E-state index contributed by atoms with van der Waals surface area (Å²) in [7, 11) is 0. The topological polar surface area (TPSA) is 6.48 Å². The van der Waals surface area contributed by atoms with Gasteiger partial charge in [-0.2, -0.15) is 0 Å². The van der Waals surface area contributed by atoms with Crippen LogP contribution in [0.3, 0.4) is 0 Å². The zero-order chi connectivity index (χ0) is 20.2. The van der Waals surface area contributed by atoms with Crippen LogP contribution in [0.25, 0.3) is 0 Å². The van der Waals surface area contributed by atoms with Crippen LogP contribution in [0.1, 0.15) is 29.3 Å². The molecule has 0 amide bonds. The third kappa shape index (κ3) is 5.17. The zero-order valence-electron chi connectivity index (χ0n) is 16.1. The average Bonchev–Trinajstić information content (AvgIpc) is 2.72. The average molecular weight is 443 g/mol. The van der Waals surface area contributed by atoms with Crippen molar-refractivity contribution >= 4 is 35.8 Å². The Morgan fingerprint density at radius 2 is 1.21 bits per heavy atom. The van der Waals surface area contributed by atoms with Gasteiger partial charge in [0, 0.05) is 41.1 Å². The summed E-state index contributed by atoms with van der Waals surface area (Å²) < 4.78 is 0. The van der Waals surface area contributed by atoms with E-state index in [9.17, 15) is 0 Å². The Morgan fingerprint density at radius 3 is 1.69 bits per heavy atom.